The van der Waals surface area contributed by atoms with Gasteiger partial charge in [-0.05, 0) is 94.6 Å². The number of fused-ring (bicyclic) bond motifs is 2. The van der Waals surface area contributed by atoms with E-state index >= 15 is 9.18 Å². The number of nitrogens with one attached hydrogen (secondary N) is 1. The molecule has 1 spiro atoms. The lowest BCUT2D eigenvalue weighted by Gasteiger charge is -2.60. The van der Waals surface area contributed by atoms with Gasteiger partial charge in [-0.2, -0.15) is 5.26 Å². The number of ether oxygens (including phenoxy) is 1. The molecule has 3 aliphatic heterocycles. The monoisotopic (exact) mass is 660 g/mol. The number of nitrogens with zero attached hydrogens (tertiary/aromatic N) is 5. The summed E-state index contributed by atoms with van der Waals surface area (Å²) < 4.78 is 22.2. The van der Waals surface area contributed by atoms with Gasteiger partial charge >= 0.3 is 0 Å². The van der Waals surface area contributed by atoms with Crippen LogP contribution in [0.1, 0.15) is 81.8 Å². The maximum Gasteiger partial charge on any atom is 0.246 e. The van der Waals surface area contributed by atoms with Crippen molar-refractivity contribution in [3.8, 4) is 6.07 Å². The molecule has 1 aromatic carbocycles. The topological polar surface area (TPSA) is 92.2 Å². The lowest BCUT2D eigenvalue weighted by atomic mass is 9.58. The molecule has 9 nitrogen and oxygen atoms in total. The van der Waals surface area contributed by atoms with Crippen LogP contribution in [-0.2, 0) is 27.2 Å². The first-order valence-electron chi connectivity index (χ1n) is 18.5. The molecule has 48 heavy (non-hydrogen) atoms. The van der Waals surface area contributed by atoms with E-state index in [4.69, 9.17) is 4.74 Å². The van der Waals surface area contributed by atoms with E-state index in [0.717, 1.165) is 81.9 Å². The fourth-order valence-electron chi connectivity index (χ4n) is 10.2. The molecule has 1 aromatic rings. The van der Waals surface area contributed by atoms with Gasteiger partial charge < -0.3 is 14.5 Å². The van der Waals surface area contributed by atoms with Crippen LogP contribution in [0.5, 0.6) is 0 Å². The summed E-state index contributed by atoms with van der Waals surface area (Å²) in [6.07, 6.45) is 12.4. The summed E-state index contributed by atoms with van der Waals surface area (Å²) >= 11 is 0. The van der Waals surface area contributed by atoms with Crippen molar-refractivity contribution >= 4 is 11.7 Å². The Hall–Kier alpha value is -2.68. The first-order chi connectivity index (χ1) is 23.3. The first kappa shape index (κ1) is 33.8. The van der Waals surface area contributed by atoms with Gasteiger partial charge in [-0.3, -0.25) is 24.7 Å². The number of rotatable bonds is 7. The standard InChI is InChI=1S/C38H53FN6O3/c1-3-33(46)44-22-21-43(24-28(44)16-19-40)36-30-15-18-38(17-14-26-9-7-13-32(39)31(26)23-38)35(47)34(30)45(27-10-5-4-6-11-27)37(41-36)48-25-29-12-8-20-42(29)2/h3,7,9,13,27-30,34,36-37,41H,1,4-6,8,10-12,14-18,20-25H2,2H3/t28?,29?,30?,34?,36?,37?,38-/m0/s1. The molecule has 6 aliphatic rings. The predicted octanol–water partition coefficient (Wildman–Crippen LogP) is 4.22. The molecule has 3 aliphatic carbocycles. The highest BCUT2D eigenvalue weighted by Gasteiger charge is 2.59. The average Bonchev–Trinajstić information content (AvgIpc) is 3.53. The van der Waals surface area contributed by atoms with Crippen molar-refractivity contribution in [3.63, 3.8) is 0 Å². The number of benzene rings is 1. The molecule has 3 saturated heterocycles. The molecule has 7 atom stereocenters. The molecule has 1 N–H and O–H groups in total. The number of likely N-dealkylation sites (tertiary alicyclic amines) is 1. The van der Waals surface area contributed by atoms with Crippen molar-refractivity contribution < 1.29 is 18.7 Å². The van der Waals surface area contributed by atoms with Crippen LogP contribution in [0.25, 0.3) is 0 Å². The number of piperazine rings is 1. The Kier molecular flexibility index (Phi) is 10.1. The zero-order valence-electron chi connectivity index (χ0n) is 28.6. The quantitative estimate of drug-likeness (QED) is 0.435. The minimum atomic E-state index is -0.584. The number of amides is 1. The van der Waals surface area contributed by atoms with Gasteiger partial charge in [0, 0.05) is 43.1 Å². The molecule has 10 heteroatoms. The molecule has 7 rings (SSSR count). The molecule has 3 heterocycles. The molecule has 1 amide bonds. The van der Waals surface area contributed by atoms with E-state index < -0.39 is 11.8 Å². The van der Waals surface area contributed by atoms with Crippen LogP contribution in [0.3, 0.4) is 0 Å². The average molecular weight is 661 g/mol. The number of aryl methyl sites for hydroxylation is 1. The van der Waals surface area contributed by atoms with Gasteiger partial charge in [0.05, 0.1) is 37.3 Å². The number of nitriles is 1. The minimum absolute atomic E-state index is 0.0189. The van der Waals surface area contributed by atoms with Crippen molar-refractivity contribution in [3.05, 3.63) is 47.8 Å². The molecular weight excluding hydrogens is 607 g/mol. The molecule has 6 unspecified atom stereocenters. The van der Waals surface area contributed by atoms with E-state index in [-0.39, 0.29) is 54.1 Å². The summed E-state index contributed by atoms with van der Waals surface area (Å²) in [7, 11) is 2.17. The van der Waals surface area contributed by atoms with E-state index in [1.54, 1.807) is 17.0 Å². The fourth-order valence-corrected chi connectivity index (χ4v) is 10.2. The molecule has 2 saturated carbocycles. The van der Waals surface area contributed by atoms with Crippen LogP contribution in [0, 0.1) is 28.5 Å². The van der Waals surface area contributed by atoms with E-state index in [0.29, 0.717) is 38.7 Å². The summed E-state index contributed by atoms with van der Waals surface area (Å²) in [5.74, 6) is -0.0450. The van der Waals surface area contributed by atoms with Crippen molar-refractivity contribution in [2.45, 2.75) is 120 Å². The van der Waals surface area contributed by atoms with Gasteiger partial charge in [0.15, 0.2) is 12.1 Å². The summed E-state index contributed by atoms with van der Waals surface area (Å²) in [5.41, 5.74) is 1.18. The predicted molar refractivity (Wildman–Crippen MR) is 181 cm³/mol. The second kappa shape index (κ2) is 14.3. The molecular formula is C38H53FN6O3. The zero-order chi connectivity index (χ0) is 33.4. The molecule has 5 fully saturated rings. The number of carbonyl (C=O) groups is 2. The van der Waals surface area contributed by atoms with Gasteiger partial charge in [-0.1, -0.05) is 38.0 Å². The van der Waals surface area contributed by atoms with E-state index in [1.165, 1.54) is 12.5 Å². The van der Waals surface area contributed by atoms with Crippen LogP contribution < -0.4 is 5.32 Å². The van der Waals surface area contributed by atoms with E-state index in [1.807, 2.05) is 6.07 Å². The maximum absolute atomic E-state index is 15.4. The largest absolute Gasteiger partial charge is 0.348 e. The Morgan fingerprint density at radius 3 is 2.71 bits per heavy atom. The maximum atomic E-state index is 15.4. The number of hydrogen-bond donors (Lipinski definition) is 1. The van der Waals surface area contributed by atoms with Gasteiger partial charge in [0.2, 0.25) is 5.91 Å². The number of Topliss-reactive ketones (excluding diaryl/α,β-unsaturated/α-hetero) is 1. The van der Waals surface area contributed by atoms with E-state index in [2.05, 4.69) is 39.7 Å². The van der Waals surface area contributed by atoms with Crippen LogP contribution in [0.4, 0.5) is 4.39 Å². The van der Waals surface area contributed by atoms with Crippen molar-refractivity contribution in [1.29, 1.82) is 5.26 Å². The highest BCUT2D eigenvalue weighted by atomic mass is 19.1. The summed E-state index contributed by atoms with van der Waals surface area (Å²) in [5, 5.41) is 13.7. The van der Waals surface area contributed by atoms with E-state index in [9.17, 15) is 10.1 Å². The lowest BCUT2D eigenvalue weighted by molar-refractivity contribution is -0.207. The lowest BCUT2D eigenvalue weighted by Crippen LogP contribution is -2.77. The van der Waals surface area contributed by atoms with Gasteiger partial charge in [0.25, 0.3) is 0 Å². The fraction of sp³-hybridized carbons (Fsp3) is 0.711. The zero-order valence-corrected chi connectivity index (χ0v) is 28.6. The third-order valence-corrected chi connectivity index (χ3v) is 12.9. The normalized spacial score (nSPS) is 35.3. The molecule has 0 radical (unpaired) electrons. The van der Waals surface area contributed by atoms with Gasteiger partial charge in [-0.15, -0.1) is 0 Å². The second-order valence-electron chi connectivity index (χ2n) is 15.4. The summed E-state index contributed by atoms with van der Waals surface area (Å²) in [4.78, 5) is 37.1. The van der Waals surface area contributed by atoms with Crippen molar-refractivity contribution in [2.24, 2.45) is 11.3 Å². The third kappa shape index (κ3) is 6.26. The summed E-state index contributed by atoms with van der Waals surface area (Å²) in [6.45, 7) is 7.06. The van der Waals surface area contributed by atoms with Gasteiger partial charge in [-0.25, -0.2) is 4.39 Å². The Bertz CT molecular complexity index is 1410. The Morgan fingerprint density at radius 2 is 1.96 bits per heavy atom. The number of likely N-dealkylation sites (N-methyl/N-ethyl adjacent to an activating group) is 1. The number of hydrogen-bond acceptors (Lipinski definition) is 8. The Balaban J connectivity index is 1.24. The Labute approximate surface area is 285 Å². The molecule has 260 valence electrons. The van der Waals surface area contributed by atoms with Crippen LogP contribution in [-0.4, -0.2) is 108 Å². The third-order valence-electron chi connectivity index (χ3n) is 12.9. The van der Waals surface area contributed by atoms with Crippen LogP contribution in [0.15, 0.2) is 30.9 Å². The molecule has 0 aromatic heterocycles. The van der Waals surface area contributed by atoms with Crippen molar-refractivity contribution in [1.82, 2.24) is 24.9 Å². The van der Waals surface area contributed by atoms with Crippen LogP contribution in [0.2, 0.25) is 0 Å². The van der Waals surface area contributed by atoms with Crippen molar-refractivity contribution in [2.75, 3.05) is 39.8 Å². The SMILES string of the molecule is C=CC(=O)N1CCN(C2NC(OCC3CCCN3C)N(C3CCCCC3)C3C(=O)[C@@]4(CCc5cccc(F)c5C4)CCC23)CC1CC#N. The summed E-state index contributed by atoms with van der Waals surface area (Å²) in [6, 6.07) is 7.66. The number of ketones is 1. The van der Waals surface area contributed by atoms with Gasteiger partial charge in [0.1, 0.15) is 5.82 Å². The van der Waals surface area contributed by atoms with Crippen LogP contribution >= 0.6 is 0 Å². The highest BCUT2D eigenvalue weighted by Crippen LogP contribution is 2.50. The number of carbonyl (C=O) groups excluding carboxylic acids is 2. The molecule has 0 bridgehead atoms. The first-order valence-corrected chi connectivity index (χ1v) is 18.5. The highest BCUT2D eigenvalue weighted by molar-refractivity contribution is 5.92. The number of halogens is 1. The Morgan fingerprint density at radius 1 is 1.12 bits per heavy atom. The minimum Gasteiger partial charge on any atom is -0.348 e. The smallest absolute Gasteiger partial charge is 0.246 e. The second-order valence-corrected chi connectivity index (χ2v) is 15.4.